The van der Waals surface area contributed by atoms with Crippen LogP contribution >= 0.6 is 0 Å². The number of carbonyl (C=O) groups excluding carboxylic acids is 2. The number of benzene rings is 2. The maximum atomic E-state index is 13.4. The molecule has 7 nitrogen and oxygen atoms in total. The molecule has 34 heavy (non-hydrogen) atoms. The van der Waals surface area contributed by atoms with Gasteiger partial charge in [-0.15, -0.1) is 0 Å². The van der Waals surface area contributed by atoms with Crippen LogP contribution in [0.5, 0.6) is 17.2 Å². The Morgan fingerprint density at radius 2 is 1.79 bits per heavy atom. The van der Waals surface area contributed by atoms with E-state index < -0.39 is 17.7 Å². The zero-order chi connectivity index (χ0) is 24.4. The largest absolute Gasteiger partial charge is 0.507 e. The van der Waals surface area contributed by atoms with Gasteiger partial charge in [0.05, 0.1) is 32.4 Å². The van der Waals surface area contributed by atoms with Gasteiger partial charge in [-0.2, -0.15) is 0 Å². The van der Waals surface area contributed by atoms with Crippen LogP contribution in [0, 0.1) is 6.92 Å². The molecule has 1 N–H and O–H groups in total. The molecule has 2 fully saturated rings. The zero-order valence-corrected chi connectivity index (χ0v) is 20.1. The quantitative estimate of drug-likeness (QED) is 0.360. The molecule has 1 aliphatic heterocycles. The number of carbonyl (C=O) groups is 2. The number of methoxy groups -OCH3 is 2. The van der Waals surface area contributed by atoms with E-state index >= 15 is 0 Å². The molecular formula is C27H31NO6. The second-order valence-corrected chi connectivity index (χ2v) is 8.64. The Morgan fingerprint density at radius 3 is 2.41 bits per heavy atom. The molecule has 2 aromatic carbocycles. The summed E-state index contributed by atoms with van der Waals surface area (Å²) < 4.78 is 16.7. The molecule has 0 bridgehead atoms. The fourth-order valence-electron chi connectivity index (χ4n) is 5.11. The molecule has 1 saturated heterocycles. The van der Waals surface area contributed by atoms with Gasteiger partial charge in [0, 0.05) is 17.2 Å². The fourth-order valence-corrected chi connectivity index (χ4v) is 5.11. The minimum Gasteiger partial charge on any atom is -0.507 e. The molecule has 1 aliphatic carbocycles. The van der Waals surface area contributed by atoms with Crippen LogP contribution in [0.2, 0.25) is 0 Å². The summed E-state index contributed by atoms with van der Waals surface area (Å²) in [5, 5.41) is 11.4. The average Bonchev–Trinajstić information content (AvgIpc) is 3.46. The Kier molecular flexibility index (Phi) is 6.82. The molecule has 1 heterocycles. The maximum Gasteiger partial charge on any atom is 0.295 e. The Hall–Kier alpha value is -3.48. The monoisotopic (exact) mass is 465 g/mol. The summed E-state index contributed by atoms with van der Waals surface area (Å²) in [6.45, 7) is 4.30. The van der Waals surface area contributed by atoms with E-state index in [1.54, 1.807) is 35.2 Å². The van der Waals surface area contributed by atoms with Crippen molar-refractivity contribution in [2.75, 3.05) is 20.8 Å². The van der Waals surface area contributed by atoms with Gasteiger partial charge in [-0.1, -0.05) is 25.0 Å². The van der Waals surface area contributed by atoms with Gasteiger partial charge in [-0.3, -0.25) is 9.59 Å². The van der Waals surface area contributed by atoms with Crippen LogP contribution in [-0.2, 0) is 9.59 Å². The SMILES string of the molecule is CCOc1ccc(/C(O)=C2/C(=O)C(=O)N(C3CCCC3)C2c2cccc(OC)c2OC)cc1C. The molecule has 1 amide bonds. The summed E-state index contributed by atoms with van der Waals surface area (Å²) in [5.74, 6) is 0.149. The van der Waals surface area contributed by atoms with E-state index in [9.17, 15) is 14.7 Å². The Balaban J connectivity index is 1.92. The van der Waals surface area contributed by atoms with Crippen LogP contribution in [0.25, 0.3) is 5.76 Å². The lowest BCUT2D eigenvalue weighted by Gasteiger charge is -2.31. The van der Waals surface area contributed by atoms with E-state index in [0.717, 1.165) is 31.2 Å². The summed E-state index contributed by atoms with van der Waals surface area (Å²) in [6, 6.07) is 9.76. The topological polar surface area (TPSA) is 85.3 Å². The number of ether oxygens (including phenoxy) is 3. The minimum atomic E-state index is -0.778. The van der Waals surface area contributed by atoms with Crippen molar-refractivity contribution in [1.29, 1.82) is 0 Å². The lowest BCUT2D eigenvalue weighted by Crippen LogP contribution is -2.37. The Labute approximate surface area is 199 Å². The van der Waals surface area contributed by atoms with Gasteiger partial charge in [0.1, 0.15) is 11.5 Å². The van der Waals surface area contributed by atoms with Crippen molar-refractivity contribution in [3.8, 4) is 17.2 Å². The van der Waals surface area contributed by atoms with Gasteiger partial charge in [0.15, 0.2) is 11.5 Å². The van der Waals surface area contributed by atoms with Crippen molar-refractivity contribution in [3.05, 3.63) is 58.7 Å². The van der Waals surface area contributed by atoms with Crippen LogP contribution in [-0.4, -0.2) is 48.6 Å². The number of nitrogens with zero attached hydrogens (tertiary/aromatic N) is 1. The predicted octanol–water partition coefficient (Wildman–Crippen LogP) is 4.78. The molecule has 1 atom stereocenters. The number of aliphatic hydroxyl groups is 1. The lowest BCUT2D eigenvalue weighted by molar-refractivity contribution is -0.141. The van der Waals surface area contributed by atoms with E-state index in [1.807, 2.05) is 19.9 Å². The average molecular weight is 466 g/mol. The van der Waals surface area contributed by atoms with Gasteiger partial charge in [0.25, 0.3) is 11.7 Å². The van der Waals surface area contributed by atoms with E-state index in [-0.39, 0.29) is 17.4 Å². The van der Waals surface area contributed by atoms with E-state index in [0.29, 0.717) is 35.0 Å². The molecular weight excluding hydrogens is 434 g/mol. The number of aryl methyl sites for hydroxylation is 1. The third kappa shape index (κ3) is 4.00. The van der Waals surface area contributed by atoms with Gasteiger partial charge < -0.3 is 24.2 Å². The van der Waals surface area contributed by atoms with Crippen molar-refractivity contribution >= 4 is 17.4 Å². The highest BCUT2D eigenvalue weighted by Gasteiger charge is 2.50. The van der Waals surface area contributed by atoms with Crippen molar-refractivity contribution < 1.29 is 28.9 Å². The first-order valence-electron chi connectivity index (χ1n) is 11.7. The molecule has 4 rings (SSSR count). The standard InChI is InChI=1S/C27H31NO6/c1-5-34-20-14-13-17(15-16(20)2)24(29)22-23(19-11-8-12-21(32-3)26(19)33-4)28(27(31)25(22)30)18-9-6-7-10-18/h8,11-15,18,23,29H,5-7,9-10H2,1-4H3/b24-22-. The second-order valence-electron chi connectivity index (χ2n) is 8.64. The fraction of sp³-hybridized carbons (Fsp3) is 0.407. The van der Waals surface area contributed by atoms with Crippen molar-refractivity contribution in [2.45, 2.75) is 51.6 Å². The molecule has 180 valence electrons. The number of likely N-dealkylation sites (tertiary alicyclic amines) is 1. The molecule has 1 unspecified atom stereocenters. The first kappa shape index (κ1) is 23.7. The summed E-state index contributed by atoms with van der Waals surface area (Å²) >= 11 is 0. The number of ketones is 1. The van der Waals surface area contributed by atoms with E-state index in [1.165, 1.54) is 14.2 Å². The van der Waals surface area contributed by atoms with Crippen LogP contribution in [0.1, 0.15) is 55.3 Å². The first-order valence-corrected chi connectivity index (χ1v) is 11.7. The Morgan fingerprint density at radius 1 is 1.06 bits per heavy atom. The van der Waals surface area contributed by atoms with Crippen LogP contribution in [0.15, 0.2) is 42.0 Å². The van der Waals surface area contributed by atoms with Crippen molar-refractivity contribution in [1.82, 2.24) is 4.90 Å². The molecule has 0 radical (unpaired) electrons. The number of aliphatic hydroxyl groups excluding tert-OH is 1. The highest BCUT2D eigenvalue weighted by atomic mass is 16.5. The number of Topliss-reactive ketones (excluding diaryl/α,β-unsaturated/α-hetero) is 1. The zero-order valence-electron chi connectivity index (χ0n) is 20.1. The number of para-hydroxylation sites is 1. The molecule has 2 aromatic rings. The second kappa shape index (κ2) is 9.79. The summed E-state index contributed by atoms with van der Waals surface area (Å²) in [6.07, 6.45) is 3.62. The van der Waals surface area contributed by atoms with Gasteiger partial charge in [-0.25, -0.2) is 0 Å². The highest BCUT2D eigenvalue weighted by Crippen LogP contribution is 2.48. The predicted molar refractivity (Wildman–Crippen MR) is 128 cm³/mol. The first-order chi connectivity index (χ1) is 16.4. The summed E-state index contributed by atoms with van der Waals surface area (Å²) in [5.41, 5.74) is 1.95. The summed E-state index contributed by atoms with van der Waals surface area (Å²) in [7, 11) is 3.07. The van der Waals surface area contributed by atoms with Crippen LogP contribution < -0.4 is 14.2 Å². The molecule has 0 spiro atoms. The molecule has 2 aliphatic rings. The van der Waals surface area contributed by atoms with Gasteiger partial charge in [0.2, 0.25) is 0 Å². The minimum absolute atomic E-state index is 0.0620. The van der Waals surface area contributed by atoms with Crippen molar-refractivity contribution in [3.63, 3.8) is 0 Å². The van der Waals surface area contributed by atoms with Gasteiger partial charge >= 0.3 is 0 Å². The van der Waals surface area contributed by atoms with Gasteiger partial charge in [-0.05, 0) is 56.5 Å². The van der Waals surface area contributed by atoms with E-state index in [2.05, 4.69) is 0 Å². The molecule has 7 heteroatoms. The highest BCUT2D eigenvalue weighted by molar-refractivity contribution is 6.46. The third-order valence-electron chi connectivity index (χ3n) is 6.67. The maximum absolute atomic E-state index is 13.4. The number of hydrogen-bond acceptors (Lipinski definition) is 6. The number of rotatable bonds is 7. The number of hydrogen-bond donors (Lipinski definition) is 1. The molecule has 1 saturated carbocycles. The molecule has 0 aromatic heterocycles. The van der Waals surface area contributed by atoms with Crippen molar-refractivity contribution in [2.24, 2.45) is 0 Å². The lowest BCUT2D eigenvalue weighted by atomic mass is 9.93. The van der Waals surface area contributed by atoms with E-state index in [4.69, 9.17) is 14.2 Å². The number of amides is 1. The Bertz CT molecular complexity index is 1130. The van der Waals surface area contributed by atoms with Crippen LogP contribution in [0.3, 0.4) is 0 Å². The normalized spacial score (nSPS) is 20.1. The summed E-state index contributed by atoms with van der Waals surface area (Å²) in [4.78, 5) is 28.3. The smallest absolute Gasteiger partial charge is 0.295 e. The van der Waals surface area contributed by atoms with Crippen LogP contribution in [0.4, 0.5) is 0 Å². The third-order valence-corrected chi connectivity index (χ3v) is 6.67.